The van der Waals surface area contributed by atoms with Gasteiger partial charge in [-0.25, -0.2) is 4.98 Å². The molecule has 1 aliphatic heterocycles. The molecule has 1 aliphatic rings. The molecule has 0 radical (unpaired) electrons. The van der Waals surface area contributed by atoms with Crippen LogP contribution in [0.3, 0.4) is 0 Å². The van der Waals surface area contributed by atoms with Crippen LogP contribution < -0.4 is 10.6 Å². The maximum atomic E-state index is 12.0. The Morgan fingerprint density at radius 2 is 2.33 bits per heavy atom. The van der Waals surface area contributed by atoms with Crippen LogP contribution in [0.25, 0.3) is 0 Å². The van der Waals surface area contributed by atoms with Gasteiger partial charge in [-0.3, -0.25) is 4.79 Å². The molecule has 1 aromatic heterocycles. The fraction of sp³-hybridized carbons (Fsp3) is 0.231. The average Bonchev–Trinajstić information content (AvgIpc) is 3.04. The Balaban J connectivity index is 1.59. The fourth-order valence-electron chi connectivity index (χ4n) is 2.14. The molecule has 0 spiro atoms. The van der Waals surface area contributed by atoms with E-state index in [-0.39, 0.29) is 11.9 Å². The van der Waals surface area contributed by atoms with Gasteiger partial charge in [-0.2, -0.15) is 0 Å². The molecule has 2 aromatic rings. The molecule has 0 aliphatic carbocycles. The Hall–Kier alpha value is -2.30. The summed E-state index contributed by atoms with van der Waals surface area (Å²) in [7, 11) is 0. The first-order chi connectivity index (χ1) is 8.83. The monoisotopic (exact) mass is 242 g/mol. The number of H-pyrrole nitrogens is 1. The highest BCUT2D eigenvalue weighted by atomic mass is 16.2. The lowest BCUT2D eigenvalue weighted by molar-refractivity contribution is -0.121. The summed E-state index contributed by atoms with van der Waals surface area (Å²) in [5, 5.41) is 6.09. The summed E-state index contributed by atoms with van der Waals surface area (Å²) in [5.41, 5.74) is 2.24. The van der Waals surface area contributed by atoms with Crippen LogP contribution in [0.15, 0.2) is 36.7 Å². The topological polar surface area (TPSA) is 69.8 Å². The largest absolute Gasteiger partial charge is 0.373 e. The summed E-state index contributed by atoms with van der Waals surface area (Å²) in [5.74, 6) is 0.765. The number of rotatable bonds is 3. The highest BCUT2D eigenvalue weighted by Crippen LogP contribution is 2.24. The molecule has 0 saturated heterocycles. The number of benzene rings is 1. The minimum Gasteiger partial charge on any atom is -0.373 e. The van der Waals surface area contributed by atoms with Crippen LogP contribution in [0, 0.1) is 0 Å². The number of nitrogens with zero attached hydrogens (tertiary/aromatic N) is 1. The third kappa shape index (κ3) is 2.07. The van der Waals surface area contributed by atoms with E-state index >= 15 is 0 Å². The van der Waals surface area contributed by atoms with E-state index in [2.05, 4.69) is 20.6 Å². The van der Waals surface area contributed by atoms with Gasteiger partial charge in [0.25, 0.3) is 0 Å². The van der Waals surface area contributed by atoms with E-state index in [1.807, 2.05) is 24.3 Å². The Labute approximate surface area is 105 Å². The van der Waals surface area contributed by atoms with Crippen molar-refractivity contribution in [2.75, 3.05) is 5.32 Å². The average molecular weight is 242 g/mol. The first kappa shape index (κ1) is 10.8. The summed E-state index contributed by atoms with van der Waals surface area (Å²) in [6.45, 7) is 0.431. The summed E-state index contributed by atoms with van der Waals surface area (Å²) in [6, 6.07) is 7.81. The molecule has 18 heavy (non-hydrogen) atoms. The number of imidazole rings is 1. The van der Waals surface area contributed by atoms with Crippen LogP contribution in [0.4, 0.5) is 5.69 Å². The van der Waals surface area contributed by atoms with Gasteiger partial charge in [0.2, 0.25) is 5.91 Å². The maximum absolute atomic E-state index is 12.0. The number of carbonyl (C=O) groups excluding carboxylic acids is 1. The van der Waals surface area contributed by atoms with Crippen molar-refractivity contribution >= 4 is 11.6 Å². The van der Waals surface area contributed by atoms with Crippen molar-refractivity contribution in [2.45, 2.75) is 19.0 Å². The number of anilines is 1. The number of amides is 1. The van der Waals surface area contributed by atoms with Crippen LogP contribution in [-0.2, 0) is 17.8 Å². The molecule has 0 unspecified atom stereocenters. The summed E-state index contributed by atoms with van der Waals surface area (Å²) < 4.78 is 0. The summed E-state index contributed by atoms with van der Waals surface area (Å²) in [4.78, 5) is 19.0. The lowest BCUT2D eigenvalue weighted by Crippen LogP contribution is -2.38. The Morgan fingerprint density at radius 3 is 3.11 bits per heavy atom. The van der Waals surface area contributed by atoms with Gasteiger partial charge in [-0.15, -0.1) is 0 Å². The van der Waals surface area contributed by atoms with Crippen molar-refractivity contribution in [3.8, 4) is 0 Å². The smallest absolute Gasteiger partial charge is 0.243 e. The number of carbonyl (C=O) groups is 1. The molecular weight excluding hydrogens is 228 g/mol. The summed E-state index contributed by atoms with van der Waals surface area (Å²) >= 11 is 0. The van der Waals surface area contributed by atoms with Crippen molar-refractivity contribution in [1.29, 1.82) is 0 Å². The molecule has 0 fully saturated rings. The number of fused-ring (bicyclic) bond motifs is 1. The number of nitrogens with one attached hydrogen (secondary N) is 3. The Kier molecular flexibility index (Phi) is 2.72. The molecule has 5 heteroatoms. The van der Waals surface area contributed by atoms with E-state index in [9.17, 15) is 4.79 Å². The van der Waals surface area contributed by atoms with Crippen molar-refractivity contribution in [3.05, 3.63) is 48.0 Å². The number of hydrogen-bond donors (Lipinski definition) is 3. The number of aromatic amines is 1. The Bertz CT molecular complexity index is 525. The van der Waals surface area contributed by atoms with Gasteiger partial charge in [0.05, 0.1) is 6.54 Å². The Morgan fingerprint density at radius 1 is 1.44 bits per heavy atom. The fourth-order valence-corrected chi connectivity index (χ4v) is 2.14. The zero-order chi connectivity index (χ0) is 12.4. The predicted octanol–water partition coefficient (Wildman–Crippen LogP) is 1.06. The molecule has 2 heterocycles. The van der Waals surface area contributed by atoms with Crippen molar-refractivity contribution < 1.29 is 4.79 Å². The highest BCUT2D eigenvalue weighted by molar-refractivity contribution is 5.87. The first-order valence-electron chi connectivity index (χ1n) is 5.93. The van der Waals surface area contributed by atoms with Crippen LogP contribution >= 0.6 is 0 Å². The second-order valence-corrected chi connectivity index (χ2v) is 4.31. The van der Waals surface area contributed by atoms with Crippen LogP contribution in [0.2, 0.25) is 0 Å². The molecule has 1 atom stereocenters. The lowest BCUT2D eigenvalue weighted by atomic mass is 10.1. The van der Waals surface area contributed by atoms with Gasteiger partial charge < -0.3 is 15.6 Å². The lowest BCUT2D eigenvalue weighted by Gasteiger charge is -2.10. The molecule has 3 rings (SSSR count). The maximum Gasteiger partial charge on any atom is 0.243 e. The third-order valence-corrected chi connectivity index (χ3v) is 3.07. The van der Waals surface area contributed by atoms with Crippen LogP contribution in [0.5, 0.6) is 0 Å². The molecule has 92 valence electrons. The van der Waals surface area contributed by atoms with E-state index in [0.717, 1.165) is 17.9 Å². The third-order valence-electron chi connectivity index (χ3n) is 3.07. The molecular formula is C13H14N4O. The summed E-state index contributed by atoms with van der Waals surface area (Å²) in [6.07, 6.45) is 4.15. The zero-order valence-electron chi connectivity index (χ0n) is 9.81. The SMILES string of the molecule is O=C(NCc1ncc[nH]1)[C@@H]1Cc2ccccc2N1. The van der Waals surface area contributed by atoms with Gasteiger partial charge in [-0.05, 0) is 11.6 Å². The minimum atomic E-state index is -0.183. The van der Waals surface area contributed by atoms with Crippen molar-refractivity contribution in [1.82, 2.24) is 15.3 Å². The number of para-hydroxylation sites is 1. The van der Waals surface area contributed by atoms with Crippen molar-refractivity contribution in [2.24, 2.45) is 0 Å². The first-order valence-corrected chi connectivity index (χ1v) is 5.93. The normalized spacial score (nSPS) is 17.0. The van der Waals surface area contributed by atoms with Crippen molar-refractivity contribution in [3.63, 3.8) is 0 Å². The van der Waals surface area contributed by atoms with Gasteiger partial charge in [0.1, 0.15) is 11.9 Å². The molecule has 1 aromatic carbocycles. The zero-order valence-corrected chi connectivity index (χ0v) is 9.81. The predicted molar refractivity (Wildman–Crippen MR) is 68.0 cm³/mol. The minimum absolute atomic E-state index is 0.00241. The molecule has 0 bridgehead atoms. The quantitative estimate of drug-likeness (QED) is 0.754. The second kappa shape index (κ2) is 4.52. The van der Waals surface area contributed by atoms with Crippen LogP contribution in [-0.4, -0.2) is 21.9 Å². The molecule has 0 saturated carbocycles. The second-order valence-electron chi connectivity index (χ2n) is 4.31. The van der Waals surface area contributed by atoms with Gasteiger partial charge >= 0.3 is 0 Å². The number of hydrogen-bond acceptors (Lipinski definition) is 3. The van der Waals surface area contributed by atoms with E-state index in [0.29, 0.717) is 6.54 Å². The van der Waals surface area contributed by atoms with Crippen LogP contribution in [0.1, 0.15) is 11.4 Å². The standard InChI is InChI=1S/C13H14N4O/c18-13(16-8-12-14-5-6-15-12)11-7-9-3-1-2-4-10(9)17-11/h1-6,11,17H,7-8H2,(H,14,15)(H,16,18)/t11-/m0/s1. The van der Waals surface area contributed by atoms with E-state index in [1.165, 1.54) is 5.56 Å². The van der Waals surface area contributed by atoms with E-state index < -0.39 is 0 Å². The molecule has 1 amide bonds. The van der Waals surface area contributed by atoms with Gasteiger partial charge in [0.15, 0.2) is 0 Å². The van der Waals surface area contributed by atoms with E-state index in [4.69, 9.17) is 0 Å². The van der Waals surface area contributed by atoms with Gasteiger partial charge in [-0.1, -0.05) is 18.2 Å². The molecule has 5 nitrogen and oxygen atoms in total. The van der Waals surface area contributed by atoms with Gasteiger partial charge in [0, 0.05) is 24.5 Å². The number of aromatic nitrogens is 2. The molecule has 3 N–H and O–H groups in total. The van der Waals surface area contributed by atoms with E-state index in [1.54, 1.807) is 12.4 Å². The highest BCUT2D eigenvalue weighted by Gasteiger charge is 2.25.